The minimum atomic E-state index is -0.0231. The highest BCUT2D eigenvalue weighted by Crippen LogP contribution is 1.86. The molecular weight excluding hydrogens is 146 g/mol. The standard InChI is InChI=1S/C3H6BrNO/c4-3(6)1-2-5/h1-2,5H2. The maximum absolute atomic E-state index is 9.88. The summed E-state index contributed by atoms with van der Waals surface area (Å²) in [6.07, 6.45) is 0.431. The molecule has 0 unspecified atom stereocenters. The second kappa shape index (κ2) is 3.31. The van der Waals surface area contributed by atoms with E-state index in [1.807, 2.05) is 0 Å². The lowest BCUT2D eigenvalue weighted by Crippen LogP contribution is -2.01. The van der Waals surface area contributed by atoms with Crippen molar-refractivity contribution in [3.63, 3.8) is 0 Å². The quantitative estimate of drug-likeness (QED) is 0.576. The molecule has 36 valence electrons. The Morgan fingerprint density at radius 2 is 2.33 bits per heavy atom. The third-order valence-corrected chi connectivity index (χ3v) is 0.737. The summed E-state index contributed by atoms with van der Waals surface area (Å²) >= 11 is 2.72. The topological polar surface area (TPSA) is 43.1 Å². The molecule has 0 aromatic heterocycles. The molecule has 0 rings (SSSR count). The maximum Gasteiger partial charge on any atom is 0.199 e. The first-order chi connectivity index (χ1) is 2.77. The summed E-state index contributed by atoms with van der Waals surface area (Å²) in [5, 5.41) is 0. The molecule has 0 amide bonds. The highest BCUT2D eigenvalue weighted by Gasteiger charge is 1.86. The van der Waals surface area contributed by atoms with Gasteiger partial charge >= 0.3 is 0 Å². The molecule has 0 aromatic carbocycles. The normalized spacial score (nSPS) is 8.33. The summed E-state index contributed by atoms with van der Waals surface area (Å²) in [4.78, 5) is 9.88. The van der Waals surface area contributed by atoms with E-state index in [9.17, 15) is 4.79 Å². The first-order valence-corrected chi connectivity index (χ1v) is 2.45. The van der Waals surface area contributed by atoms with Gasteiger partial charge in [-0.3, -0.25) is 4.79 Å². The van der Waals surface area contributed by atoms with Crippen LogP contribution in [0.25, 0.3) is 0 Å². The van der Waals surface area contributed by atoms with Crippen LogP contribution in [0.5, 0.6) is 0 Å². The van der Waals surface area contributed by atoms with E-state index in [0.29, 0.717) is 13.0 Å². The van der Waals surface area contributed by atoms with Crippen molar-refractivity contribution in [2.24, 2.45) is 5.73 Å². The number of carbonyl (C=O) groups is 1. The Morgan fingerprint density at radius 3 is 2.33 bits per heavy atom. The van der Waals surface area contributed by atoms with E-state index in [0.717, 1.165) is 0 Å². The van der Waals surface area contributed by atoms with Crippen molar-refractivity contribution in [3.05, 3.63) is 0 Å². The Kier molecular flexibility index (Phi) is 3.37. The van der Waals surface area contributed by atoms with E-state index in [2.05, 4.69) is 15.9 Å². The number of hydrogen-bond donors (Lipinski definition) is 1. The second-order valence-electron chi connectivity index (χ2n) is 0.894. The van der Waals surface area contributed by atoms with Crippen molar-refractivity contribution in [2.75, 3.05) is 6.54 Å². The highest BCUT2D eigenvalue weighted by atomic mass is 79.9. The molecule has 0 heterocycles. The van der Waals surface area contributed by atoms with Crippen LogP contribution in [0.15, 0.2) is 0 Å². The number of hydrogen-bond acceptors (Lipinski definition) is 2. The van der Waals surface area contributed by atoms with E-state index in [-0.39, 0.29) is 4.69 Å². The monoisotopic (exact) mass is 151 g/mol. The molecule has 6 heavy (non-hydrogen) atoms. The van der Waals surface area contributed by atoms with Crippen molar-refractivity contribution < 1.29 is 4.79 Å². The van der Waals surface area contributed by atoms with Crippen LogP contribution in [0.2, 0.25) is 0 Å². The molecule has 2 N–H and O–H groups in total. The highest BCUT2D eigenvalue weighted by molar-refractivity contribution is 9.18. The summed E-state index contributed by atoms with van der Waals surface area (Å²) < 4.78 is -0.0231. The van der Waals surface area contributed by atoms with Crippen LogP contribution in [-0.4, -0.2) is 11.2 Å². The van der Waals surface area contributed by atoms with Crippen LogP contribution in [0.1, 0.15) is 6.42 Å². The molecule has 0 aliphatic rings. The van der Waals surface area contributed by atoms with Gasteiger partial charge in [0.15, 0.2) is 4.69 Å². The molecule has 0 radical (unpaired) electrons. The predicted octanol–water partition coefficient (Wildman–Crippen LogP) is 0.257. The van der Waals surface area contributed by atoms with Gasteiger partial charge in [0.2, 0.25) is 0 Å². The Morgan fingerprint density at radius 1 is 1.83 bits per heavy atom. The van der Waals surface area contributed by atoms with E-state index in [4.69, 9.17) is 5.73 Å². The van der Waals surface area contributed by atoms with Crippen LogP contribution < -0.4 is 5.73 Å². The fourth-order valence-electron chi connectivity index (χ4n) is 0.113. The molecule has 3 heteroatoms. The van der Waals surface area contributed by atoms with Crippen molar-refractivity contribution in [3.8, 4) is 0 Å². The molecule has 0 saturated carbocycles. The van der Waals surface area contributed by atoms with Crippen molar-refractivity contribution >= 4 is 20.6 Å². The van der Waals surface area contributed by atoms with E-state index in [1.165, 1.54) is 0 Å². The Balaban J connectivity index is 2.83. The minimum Gasteiger partial charge on any atom is -0.330 e. The number of halogens is 1. The Bertz CT molecular complexity index is 54.8. The van der Waals surface area contributed by atoms with E-state index >= 15 is 0 Å². The lowest BCUT2D eigenvalue weighted by Gasteiger charge is -1.79. The lowest BCUT2D eigenvalue weighted by atomic mass is 10.5. The Labute approximate surface area is 44.8 Å². The third-order valence-electron chi connectivity index (χ3n) is 0.341. The minimum absolute atomic E-state index is 0.0231. The fourth-order valence-corrected chi connectivity index (χ4v) is 0.342. The zero-order valence-electron chi connectivity index (χ0n) is 3.28. The zero-order chi connectivity index (χ0) is 4.99. The molecule has 0 saturated heterocycles. The first-order valence-electron chi connectivity index (χ1n) is 1.65. The van der Waals surface area contributed by atoms with Gasteiger partial charge in [-0.2, -0.15) is 0 Å². The van der Waals surface area contributed by atoms with Crippen LogP contribution in [0.3, 0.4) is 0 Å². The van der Waals surface area contributed by atoms with Crippen LogP contribution in [-0.2, 0) is 4.79 Å². The summed E-state index contributed by atoms with van der Waals surface area (Å²) in [5.74, 6) is 0. The van der Waals surface area contributed by atoms with E-state index in [1.54, 1.807) is 0 Å². The molecule has 0 aliphatic heterocycles. The van der Waals surface area contributed by atoms with Gasteiger partial charge < -0.3 is 5.73 Å². The van der Waals surface area contributed by atoms with Crippen molar-refractivity contribution in [1.29, 1.82) is 0 Å². The van der Waals surface area contributed by atoms with Crippen LogP contribution in [0, 0.1) is 0 Å². The molecule has 0 spiro atoms. The van der Waals surface area contributed by atoms with Gasteiger partial charge in [0.25, 0.3) is 0 Å². The van der Waals surface area contributed by atoms with Gasteiger partial charge in [-0.1, -0.05) is 0 Å². The van der Waals surface area contributed by atoms with Gasteiger partial charge in [-0.05, 0) is 15.9 Å². The largest absolute Gasteiger partial charge is 0.330 e. The average molecular weight is 152 g/mol. The summed E-state index contributed by atoms with van der Waals surface area (Å²) in [6.45, 7) is 0.435. The van der Waals surface area contributed by atoms with Crippen LogP contribution in [0.4, 0.5) is 0 Å². The molecular formula is C3H6BrNO. The molecule has 0 fully saturated rings. The summed E-state index contributed by atoms with van der Waals surface area (Å²) in [7, 11) is 0. The summed E-state index contributed by atoms with van der Waals surface area (Å²) in [5.41, 5.74) is 4.98. The predicted molar refractivity (Wildman–Crippen MR) is 27.6 cm³/mol. The molecule has 0 aromatic rings. The van der Waals surface area contributed by atoms with E-state index < -0.39 is 0 Å². The van der Waals surface area contributed by atoms with Gasteiger partial charge in [-0.15, -0.1) is 0 Å². The van der Waals surface area contributed by atoms with Gasteiger partial charge in [0, 0.05) is 13.0 Å². The maximum atomic E-state index is 9.88. The molecule has 0 atom stereocenters. The van der Waals surface area contributed by atoms with Crippen molar-refractivity contribution in [2.45, 2.75) is 6.42 Å². The number of nitrogens with two attached hydrogens (primary N) is 1. The van der Waals surface area contributed by atoms with Gasteiger partial charge in [0.1, 0.15) is 0 Å². The fraction of sp³-hybridized carbons (Fsp3) is 0.667. The summed E-state index contributed by atoms with van der Waals surface area (Å²) in [6, 6.07) is 0. The van der Waals surface area contributed by atoms with Gasteiger partial charge in [0.05, 0.1) is 0 Å². The zero-order valence-corrected chi connectivity index (χ0v) is 4.86. The third kappa shape index (κ3) is 4.11. The molecule has 0 bridgehead atoms. The molecule has 2 nitrogen and oxygen atoms in total. The van der Waals surface area contributed by atoms with Crippen molar-refractivity contribution in [1.82, 2.24) is 0 Å². The SMILES string of the molecule is NCCC(=O)Br. The average Bonchev–Trinajstić information content (AvgIpc) is 1.35. The van der Waals surface area contributed by atoms with Crippen LogP contribution >= 0.6 is 15.9 Å². The van der Waals surface area contributed by atoms with Gasteiger partial charge in [-0.25, -0.2) is 0 Å². The molecule has 0 aliphatic carbocycles. The lowest BCUT2D eigenvalue weighted by molar-refractivity contribution is -0.110. The number of rotatable bonds is 2. The number of carbonyl (C=O) groups excluding carboxylic acids is 1. The Hall–Kier alpha value is 0.110. The first kappa shape index (κ1) is 6.11. The smallest absolute Gasteiger partial charge is 0.199 e. The second-order valence-corrected chi connectivity index (χ2v) is 1.78.